The number of esters is 1. The van der Waals surface area contributed by atoms with Crippen molar-refractivity contribution < 1.29 is 45.5 Å². The highest BCUT2D eigenvalue weighted by molar-refractivity contribution is 6.29. The molecule has 0 amide bonds. The summed E-state index contributed by atoms with van der Waals surface area (Å²) in [6, 6.07) is 111. The van der Waals surface area contributed by atoms with E-state index in [1.54, 1.807) is 121 Å². The van der Waals surface area contributed by atoms with Gasteiger partial charge in [-0.1, -0.05) is 396 Å². The van der Waals surface area contributed by atoms with Crippen LogP contribution in [0.25, 0.3) is 22.3 Å². The van der Waals surface area contributed by atoms with Gasteiger partial charge in [0.1, 0.15) is 16.6 Å². The number of hydrogen-bond acceptors (Lipinski definition) is 4. The summed E-state index contributed by atoms with van der Waals surface area (Å²) < 4.78 is 88.1. The Kier molecular flexibility index (Phi) is 33.9. The van der Waals surface area contributed by atoms with Gasteiger partial charge in [0.25, 0.3) is 0 Å². The molecule has 0 bridgehead atoms. The fraction of sp³-hybridized carbons (Fsp3) is 0.238. The van der Waals surface area contributed by atoms with Crippen LogP contribution in [0.2, 0.25) is 0 Å². The molecule has 0 saturated carbocycles. The Morgan fingerprint density at radius 2 is 0.529 bits per heavy atom. The number of ketones is 2. The molecule has 4 nitrogen and oxygen atoms in total. The van der Waals surface area contributed by atoms with Crippen molar-refractivity contribution in [3.63, 3.8) is 0 Å². The zero-order valence-electron chi connectivity index (χ0n) is 85.1. The van der Waals surface area contributed by atoms with E-state index in [1.165, 1.54) is 125 Å². The fourth-order valence-electron chi connectivity index (χ4n) is 17.7. The van der Waals surface area contributed by atoms with E-state index >= 15 is 0 Å². The molecule has 0 fully saturated rings. The van der Waals surface area contributed by atoms with Crippen molar-refractivity contribution in [2.24, 2.45) is 0 Å². The lowest BCUT2D eigenvalue weighted by Gasteiger charge is -2.34. The molecule has 716 valence electrons. The van der Waals surface area contributed by atoms with E-state index in [1.807, 2.05) is 118 Å². The summed E-state index contributed by atoms with van der Waals surface area (Å²) in [6.07, 6.45) is -4.25. The molecular formula is C130H130F6O4. The van der Waals surface area contributed by atoms with Gasteiger partial charge in [-0.05, 0) is 311 Å². The first-order chi connectivity index (χ1) is 66.3. The summed E-state index contributed by atoms with van der Waals surface area (Å²) in [7, 11) is 0. The zero-order chi connectivity index (χ0) is 101. The summed E-state index contributed by atoms with van der Waals surface area (Å²) in [6.45, 7) is 43.1. The first-order valence-electron chi connectivity index (χ1n) is 48.0. The molecule has 0 radical (unpaired) electrons. The second-order valence-electron chi connectivity index (χ2n) is 39.1. The molecule has 0 unspecified atom stereocenters. The number of halogens is 6. The van der Waals surface area contributed by atoms with Crippen molar-refractivity contribution in [2.45, 2.75) is 207 Å². The maximum absolute atomic E-state index is 13.9. The number of carbonyl (C=O) groups excluding carboxylic acids is 3. The van der Waals surface area contributed by atoms with Gasteiger partial charge in [0.2, 0.25) is 0 Å². The number of aryl methyl sites for hydroxylation is 20. The van der Waals surface area contributed by atoms with E-state index in [0.29, 0.717) is 33.6 Å². The molecule has 19 rings (SSSR count). The molecule has 10 heteroatoms. The number of fused-ring (bicyclic) bond motifs is 8. The van der Waals surface area contributed by atoms with E-state index in [4.69, 9.17) is 4.74 Å². The molecule has 0 saturated heterocycles. The molecule has 0 spiro atoms. The quantitative estimate of drug-likeness (QED) is 0.0736. The van der Waals surface area contributed by atoms with E-state index < -0.39 is 23.2 Å². The Bertz CT molecular complexity index is 6680. The van der Waals surface area contributed by atoms with Crippen LogP contribution in [0.15, 0.2) is 340 Å². The minimum absolute atomic E-state index is 0.0404. The van der Waals surface area contributed by atoms with Crippen LogP contribution >= 0.6 is 0 Å². The standard InChI is InChI=1S/C19H21F3.C17H17F3.C17H20.C16H12O2.C16H18.C15H14O2.2C15H14/c1-12-6-8-16(10-14(12)3)18(5,19(20,21)22)17-9-7-13(2)15(4)11-17;1-12-4-8-14(9-5-12)16(3,17(18,19)20)15-10-6-13(2)7-11-15;1-13-5-9-15(10-6-13)17(3,4)16-11-7-14(2)8-12-16;1-9-5-3-7-11-13(9)15(17)12-8-4-6-10(2)14(12)16(11)18;1-13-3-7-15(8-4-13)11-12-16-9-5-14(2)6-10-16;1-11-3-7-13(8-4-11)15(16)17-14-9-5-12(2)6-10-14;1-10-3-5-14-12(7-10)9-13-8-11(2)4-6-15(13)14;1-10-3-5-12-9-13-6-4-11(2)8-15(13)14(12)7-10/h6-11H,1-5H3;4-11H,1-3H3;5-12H,1-4H3;3-8H,1-2H3;3-10H,11-12H2,1-2H3;3-10H,1-2H3;2*3-8H,9H2,1-2H3. The highest BCUT2D eigenvalue weighted by Crippen LogP contribution is 2.49. The van der Waals surface area contributed by atoms with Gasteiger partial charge in [-0.3, -0.25) is 9.59 Å². The monoisotopic (exact) mass is 1870 g/mol. The zero-order valence-corrected chi connectivity index (χ0v) is 85.1. The maximum Gasteiger partial charge on any atom is 0.402 e. The highest BCUT2D eigenvalue weighted by Gasteiger charge is 2.55. The van der Waals surface area contributed by atoms with Gasteiger partial charge in [-0.2, -0.15) is 26.3 Å². The van der Waals surface area contributed by atoms with Crippen LogP contribution < -0.4 is 4.74 Å². The van der Waals surface area contributed by atoms with Crippen molar-refractivity contribution in [1.29, 1.82) is 0 Å². The smallest absolute Gasteiger partial charge is 0.402 e. The Morgan fingerprint density at radius 1 is 0.250 bits per heavy atom. The molecule has 0 atom stereocenters. The third-order valence-electron chi connectivity index (χ3n) is 27.5. The number of hydrogen-bond donors (Lipinski definition) is 0. The molecule has 16 aromatic rings. The summed E-state index contributed by atoms with van der Waals surface area (Å²) in [4.78, 5) is 36.7. The van der Waals surface area contributed by atoms with Crippen molar-refractivity contribution in [3.05, 3.63) is 534 Å². The normalized spacial score (nSPS) is 11.9. The Labute approximate surface area is 826 Å². The van der Waals surface area contributed by atoms with Crippen molar-refractivity contribution in [3.8, 4) is 28.0 Å². The highest BCUT2D eigenvalue weighted by atomic mass is 19.4. The third-order valence-corrected chi connectivity index (χ3v) is 27.5. The molecule has 0 heterocycles. The fourth-order valence-corrected chi connectivity index (χ4v) is 17.7. The topological polar surface area (TPSA) is 60.4 Å². The van der Waals surface area contributed by atoms with Crippen LogP contribution in [0.4, 0.5) is 26.3 Å². The number of benzene rings is 16. The SMILES string of the molecule is Cc1ccc(C(C)(C)c2ccc(C)cc2)cc1.Cc1ccc(C(C)(c2ccc(C)c(C)c2)C(F)(F)F)cc1C.Cc1ccc(C(C)(c2ccc(C)cc2)C(F)(F)F)cc1.Cc1ccc(CCc2ccc(C)cc2)cc1.Cc1ccc(OC(=O)c2ccc(C)cc2)cc1.Cc1ccc2c(c1)-c1cc(C)ccc1C2.Cc1ccc2c(c1)Cc1cc(C)ccc1-2.Cc1cccc2c1C(=O)c1cccc(C)c1C2=O. The van der Waals surface area contributed by atoms with Crippen molar-refractivity contribution >= 4 is 17.5 Å². The summed E-state index contributed by atoms with van der Waals surface area (Å²) in [5.74, 6) is 0.165. The second-order valence-corrected chi connectivity index (χ2v) is 39.1. The van der Waals surface area contributed by atoms with Gasteiger partial charge in [0.05, 0.1) is 5.56 Å². The predicted octanol–water partition coefficient (Wildman–Crippen LogP) is 34.0. The summed E-state index contributed by atoms with van der Waals surface area (Å²) in [5, 5.41) is 0. The van der Waals surface area contributed by atoms with Crippen LogP contribution in [0.1, 0.15) is 237 Å². The van der Waals surface area contributed by atoms with E-state index in [-0.39, 0.29) is 45.2 Å². The Hall–Kier alpha value is -14.1. The van der Waals surface area contributed by atoms with Gasteiger partial charge in [-0.15, -0.1) is 0 Å². The van der Waals surface area contributed by atoms with Gasteiger partial charge in [0.15, 0.2) is 11.6 Å². The summed E-state index contributed by atoms with van der Waals surface area (Å²) >= 11 is 0. The van der Waals surface area contributed by atoms with Gasteiger partial charge in [-0.25, -0.2) is 4.79 Å². The second kappa shape index (κ2) is 45.2. The first kappa shape index (κ1) is 105. The van der Waals surface area contributed by atoms with Crippen LogP contribution in [0.5, 0.6) is 5.75 Å². The largest absolute Gasteiger partial charge is 0.423 e. The number of rotatable bonds is 11. The van der Waals surface area contributed by atoms with Gasteiger partial charge >= 0.3 is 18.3 Å². The third kappa shape index (κ3) is 25.5. The lowest BCUT2D eigenvalue weighted by molar-refractivity contribution is -0.173. The average molecular weight is 1870 g/mol. The summed E-state index contributed by atoms with van der Waals surface area (Å²) in [5.41, 5.74) is 37.4. The number of carbonyl (C=O) groups is 3. The Morgan fingerprint density at radius 3 is 0.864 bits per heavy atom. The van der Waals surface area contributed by atoms with Gasteiger partial charge < -0.3 is 4.74 Å². The maximum atomic E-state index is 13.9. The minimum atomic E-state index is -4.36. The lowest BCUT2D eigenvalue weighted by Crippen LogP contribution is -2.40. The predicted molar refractivity (Wildman–Crippen MR) is 568 cm³/mol. The first-order valence-corrected chi connectivity index (χ1v) is 48.0. The molecule has 0 N–H and O–H groups in total. The van der Waals surface area contributed by atoms with Crippen LogP contribution in [-0.2, 0) is 41.9 Å². The van der Waals surface area contributed by atoms with E-state index in [0.717, 1.165) is 81.3 Å². The molecular weight excluding hydrogens is 1740 g/mol. The molecule has 3 aliphatic carbocycles. The van der Waals surface area contributed by atoms with E-state index in [2.05, 4.69) is 239 Å². The average Bonchev–Trinajstić information content (AvgIpc) is 0.839. The van der Waals surface area contributed by atoms with E-state index in [9.17, 15) is 40.7 Å². The molecule has 0 aromatic heterocycles. The molecule has 140 heavy (non-hydrogen) atoms. The molecule has 3 aliphatic rings. The number of alkyl halides is 6. The van der Waals surface area contributed by atoms with Crippen LogP contribution in [0, 0.1) is 125 Å². The Balaban J connectivity index is 0.000000144. The number of ether oxygens (including phenoxy) is 1. The minimum Gasteiger partial charge on any atom is -0.423 e. The lowest BCUT2D eigenvalue weighted by atomic mass is 9.74. The van der Waals surface area contributed by atoms with Crippen molar-refractivity contribution in [2.75, 3.05) is 0 Å². The molecule has 16 aromatic carbocycles. The molecule has 0 aliphatic heterocycles. The van der Waals surface area contributed by atoms with Crippen molar-refractivity contribution in [1.82, 2.24) is 0 Å². The van der Waals surface area contributed by atoms with Crippen LogP contribution in [-0.4, -0.2) is 29.9 Å². The van der Waals surface area contributed by atoms with Crippen LogP contribution in [0.3, 0.4) is 0 Å². The van der Waals surface area contributed by atoms with Gasteiger partial charge in [0, 0.05) is 27.7 Å².